The quantitative estimate of drug-likeness (QED) is 0.572. The van der Waals surface area contributed by atoms with Crippen molar-refractivity contribution in [3.8, 4) is 0 Å². The first-order valence-electron chi connectivity index (χ1n) is 6.69. The van der Waals surface area contributed by atoms with Crippen molar-refractivity contribution in [3.05, 3.63) is 42.5 Å². The van der Waals surface area contributed by atoms with E-state index < -0.39 is 0 Å². The van der Waals surface area contributed by atoms with Crippen LogP contribution in [0.4, 0.5) is 5.69 Å². The van der Waals surface area contributed by atoms with E-state index in [9.17, 15) is 4.79 Å². The average Bonchev–Trinajstić information content (AvgIpc) is 2.45. The fourth-order valence-corrected chi connectivity index (χ4v) is 2.54. The molecule has 0 unspecified atom stereocenters. The van der Waals surface area contributed by atoms with Crippen LogP contribution in [0.15, 0.2) is 42.5 Å². The summed E-state index contributed by atoms with van der Waals surface area (Å²) in [5.41, 5.74) is 4.63. The highest BCUT2D eigenvalue weighted by atomic mass is 16.1. The minimum Gasteiger partial charge on any atom is -0.324 e. The Morgan fingerprint density at radius 1 is 1.15 bits per heavy atom. The van der Waals surface area contributed by atoms with Gasteiger partial charge in [-0.25, -0.2) is 4.98 Å². The van der Waals surface area contributed by atoms with Gasteiger partial charge in [0, 0.05) is 19.1 Å². The second kappa shape index (κ2) is 4.89. The SMILES string of the molecule is CC[n+]1c2ccccc2nc2c(NC(C)=O)cccc21. The smallest absolute Gasteiger partial charge is 0.233 e. The Morgan fingerprint density at radius 3 is 2.65 bits per heavy atom. The Balaban J connectivity index is 2.41. The van der Waals surface area contributed by atoms with Crippen LogP contribution in [0.2, 0.25) is 0 Å². The van der Waals surface area contributed by atoms with E-state index in [-0.39, 0.29) is 5.91 Å². The van der Waals surface area contributed by atoms with Crippen molar-refractivity contribution < 1.29 is 9.36 Å². The summed E-state index contributed by atoms with van der Waals surface area (Å²) in [4.78, 5) is 16.0. The van der Waals surface area contributed by atoms with E-state index in [1.165, 1.54) is 6.92 Å². The van der Waals surface area contributed by atoms with Crippen LogP contribution in [0, 0.1) is 0 Å². The number of hydrogen-bond acceptors (Lipinski definition) is 2. The lowest BCUT2D eigenvalue weighted by Crippen LogP contribution is -2.34. The summed E-state index contributed by atoms with van der Waals surface area (Å²) in [5.74, 6) is -0.0875. The van der Waals surface area contributed by atoms with Crippen LogP contribution in [0.1, 0.15) is 13.8 Å². The Bertz CT molecular complexity index is 811. The number of rotatable bonds is 2. The highest BCUT2D eigenvalue weighted by Crippen LogP contribution is 2.21. The molecule has 1 aromatic heterocycles. The molecule has 3 aromatic rings. The molecule has 0 aliphatic carbocycles. The maximum Gasteiger partial charge on any atom is 0.233 e. The molecular weight excluding hydrogens is 250 g/mol. The second-order valence-electron chi connectivity index (χ2n) is 4.70. The lowest BCUT2D eigenvalue weighted by Gasteiger charge is -2.07. The zero-order valence-corrected chi connectivity index (χ0v) is 11.6. The molecule has 20 heavy (non-hydrogen) atoms. The molecule has 4 nitrogen and oxygen atoms in total. The Kier molecular flexibility index (Phi) is 3.06. The zero-order chi connectivity index (χ0) is 14.1. The molecule has 0 aliphatic rings. The molecule has 0 bridgehead atoms. The van der Waals surface area contributed by atoms with E-state index in [2.05, 4.69) is 22.9 Å². The minimum atomic E-state index is -0.0875. The van der Waals surface area contributed by atoms with Gasteiger partial charge in [-0.3, -0.25) is 4.79 Å². The van der Waals surface area contributed by atoms with Crippen LogP contribution in [0.25, 0.3) is 22.1 Å². The number of hydrogen-bond donors (Lipinski definition) is 1. The normalized spacial score (nSPS) is 10.9. The van der Waals surface area contributed by atoms with Crippen LogP contribution in [0.3, 0.4) is 0 Å². The first-order valence-corrected chi connectivity index (χ1v) is 6.69. The van der Waals surface area contributed by atoms with Gasteiger partial charge in [-0.15, -0.1) is 0 Å². The van der Waals surface area contributed by atoms with Gasteiger partial charge in [0.15, 0.2) is 5.52 Å². The van der Waals surface area contributed by atoms with Gasteiger partial charge in [0.25, 0.3) is 0 Å². The maximum atomic E-state index is 11.3. The Labute approximate surface area is 117 Å². The molecule has 1 amide bonds. The summed E-state index contributed by atoms with van der Waals surface area (Å²) in [6.45, 7) is 4.47. The van der Waals surface area contributed by atoms with Crippen molar-refractivity contribution in [2.24, 2.45) is 0 Å². The van der Waals surface area contributed by atoms with Crippen LogP contribution < -0.4 is 9.88 Å². The molecule has 2 aromatic carbocycles. The van der Waals surface area contributed by atoms with Gasteiger partial charge in [0.2, 0.25) is 16.9 Å². The highest BCUT2D eigenvalue weighted by Gasteiger charge is 2.17. The number of fused-ring (bicyclic) bond motifs is 2. The number of nitrogens with zero attached hydrogens (tertiary/aromatic N) is 2. The molecule has 0 fully saturated rings. The van der Waals surface area contributed by atoms with Gasteiger partial charge in [0.05, 0.1) is 5.69 Å². The summed E-state index contributed by atoms with van der Waals surface area (Å²) < 4.78 is 2.21. The van der Waals surface area contributed by atoms with Gasteiger partial charge in [-0.2, -0.15) is 4.57 Å². The number of carbonyl (C=O) groups excluding carboxylic acids is 1. The third-order valence-electron chi connectivity index (χ3n) is 3.34. The molecule has 4 heteroatoms. The van der Waals surface area contributed by atoms with Crippen molar-refractivity contribution in [1.82, 2.24) is 4.98 Å². The molecule has 0 saturated carbocycles. The molecule has 100 valence electrons. The third kappa shape index (κ3) is 1.99. The number of para-hydroxylation sites is 3. The molecule has 0 radical (unpaired) electrons. The van der Waals surface area contributed by atoms with E-state index in [0.29, 0.717) is 0 Å². The van der Waals surface area contributed by atoms with Gasteiger partial charge in [-0.1, -0.05) is 18.2 Å². The van der Waals surface area contributed by atoms with E-state index in [0.717, 1.165) is 34.3 Å². The molecule has 0 aliphatic heterocycles. The number of amides is 1. The predicted octanol–water partition coefficient (Wildman–Crippen LogP) is 2.65. The van der Waals surface area contributed by atoms with Gasteiger partial charge >= 0.3 is 0 Å². The summed E-state index contributed by atoms with van der Waals surface area (Å²) in [7, 11) is 0. The van der Waals surface area contributed by atoms with Crippen molar-refractivity contribution in [3.63, 3.8) is 0 Å². The summed E-state index contributed by atoms with van der Waals surface area (Å²) in [6.07, 6.45) is 0. The van der Waals surface area contributed by atoms with E-state index in [1.54, 1.807) is 0 Å². The molecule has 0 atom stereocenters. The van der Waals surface area contributed by atoms with Crippen molar-refractivity contribution in [1.29, 1.82) is 0 Å². The standard InChI is InChI=1S/C16H15N3O/c1-3-19-14-9-5-4-7-12(14)18-16-13(17-11(2)20)8-6-10-15(16)19/h4-10H,3H2,1-2H3/p+1. The molecular formula is C16H16N3O+. The first kappa shape index (κ1) is 12.5. The lowest BCUT2D eigenvalue weighted by atomic mass is 10.2. The van der Waals surface area contributed by atoms with E-state index >= 15 is 0 Å². The fraction of sp³-hybridized carbons (Fsp3) is 0.188. The predicted molar refractivity (Wildman–Crippen MR) is 79.4 cm³/mol. The van der Waals surface area contributed by atoms with Crippen LogP contribution in [0.5, 0.6) is 0 Å². The second-order valence-corrected chi connectivity index (χ2v) is 4.70. The average molecular weight is 266 g/mol. The molecule has 1 heterocycles. The largest absolute Gasteiger partial charge is 0.324 e. The molecule has 3 rings (SSSR count). The Morgan fingerprint density at radius 2 is 1.90 bits per heavy atom. The lowest BCUT2D eigenvalue weighted by molar-refractivity contribution is -0.641. The van der Waals surface area contributed by atoms with Gasteiger partial charge in [-0.05, 0) is 19.1 Å². The van der Waals surface area contributed by atoms with Crippen molar-refractivity contribution in [2.45, 2.75) is 20.4 Å². The van der Waals surface area contributed by atoms with Crippen LogP contribution >= 0.6 is 0 Å². The number of aromatic nitrogens is 2. The molecule has 0 saturated heterocycles. The number of nitrogens with one attached hydrogen (secondary N) is 1. The van der Waals surface area contributed by atoms with Gasteiger partial charge in [0.1, 0.15) is 12.1 Å². The molecule has 1 N–H and O–H groups in total. The van der Waals surface area contributed by atoms with Gasteiger partial charge < -0.3 is 5.32 Å². The van der Waals surface area contributed by atoms with E-state index in [4.69, 9.17) is 4.98 Å². The Hall–Kier alpha value is -2.49. The number of aryl methyl sites for hydroxylation is 1. The summed E-state index contributed by atoms with van der Waals surface area (Å²) >= 11 is 0. The maximum absolute atomic E-state index is 11.3. The number of carbonyl (C=O) groups is 1. The number of benzene rings is 2. The van der Waals surface area contributed by atoms with Crippen molar-refractivity contribution in [2.75, 3.05) is 5.32 Å². The first-order chi connectivity index (χ1) is 9.70. The molecule has 0 spiro atoms. The third-order valence-corrected chi connectivity index (χ3v) is 3.34. The fourth-order valence-electron chi connectivity index (χ4n) is 2.54. The number of anilines is 1. The summed E-state index contributed by atoms with van der Waals surface area (Å²) in [5, 5.41) is 2.85. The topological polar surface area (TPSA) is 45.9 Å². The van der Waals surface area contributed by atoms with Crippen LogP contribution in [-0.2, 0) is 11.3 Å². The monoisotopic (exact) mass is 266 g/mol. The minimum absolute atomic E-state index is 0.0875. The summed E-state index contributed by atoms with van der Waals surface area (Å²) in [6, 6.07) is 13.9. The van der Waals surface area contributed by atoms with E-state index in [1.807, 2.05) is 36.4 Å². The zero-order valence-electron chi connectivity index (χ0n) is 11.6. The highest BCUT2D eigenvalue weighted by molar-refractivity contribution is 5.98. The van der Waals surface area contributed by atoms with Crippen molar-refractivity contribution >= 4 is 33.7 Å². The van der Waals surface area contributed by atoms with Crippen LogP contribution in [-0.4, -0.2) is 10.9 Å².